The van der Waals surface area contributed by atoms with E-state index < -0.39 is 0 Å². The maximum Gasteiger partial charge on any atom is 0.119 e. The van der Waals surface area contributed by atoms with Crippen molar-refractivity contribution in [3.05, 3.63) is 36.4 Å². The van der Waals surface area contributed by atoms with Gasteiger partial charge in [-0.3, -0.25) is 0 Å². The molecule has 0 aromatic heterocycles. The zero-order chi connectivity index (χ0) is 15.0. The molecule has 0 radical (unpaired) electrons. The van der Waals surface area contributed by atoms with Gasteiger partial charge >= 0.3 is 0 Å². The van der Waals surface area contributed by atoms with Gasteiger partial charge in [-0.05, 0) is 31.0 Å². The molecule has 0 N–H and O–H groups in total. The maximum atomic E-state index is 5.85. The topological polar surface area (TPSA) is 18.5 Å². The molecule has 0 saturated heterocycles. The van der Waals surface area contributed by atoms with Gasteiger partial charge in [0.15, 0.2) is 0 Å². The Kier molecular flexibility index (Phi) is 6.80. The van der Waals surface area contributed by atoms with Crippen LogP contribution in [0.15, 0.2) is 30.8 Å². The van der Waals surface area contributed by atoms with Crippen molar-refractivity contribution in [1.82, 2.24) is 0 Å². The van der Waals surface area contributed by atoms with Crippen LogP contribution in [0.1, 0.15) is 46.1 Å². The van der Waals surface area contributed by atoms with E-state index in [9.17, 15) is 0 Å². The van der Waals surface area contributed by atoms with Crippen molar-refractivity contribution in [2.24, 2.45) is 5.41 Å². The van der Waals surface area contributed by atoms with Crippen molar-refractivity contribution in [2.75, 3.05) is 19.8 Å². The maximum absolute atomic E-state index is 5.85. The van der Waals surface area contributed by atoms with E-state index in [4.69, 9.17) is 9.47 Å². The minimum atomic E-state index is 0.0285. The van der Waals surface area contributed by atoms with Crippen molar-refractivity contribution in [3.8, 4) is 5.75 Å². The van der Waals surface area contributed by atoms with Gasteiger partial charge in [0.2, 0.25) is 0 Å². The number of rotatable bonds is 9. The number of hydrogen-bond donors (Lipinski definition) is 0. The molecule has 0 heterocycles. The lowest BCUT2D eigenvalue weighted by molar-refractivity contribution is 0.0335. The van der Waals surface area contributed by atoms with Gasteiger partial charge in [0.1, 0.15) is 5.75 Å². The zero-order valence-corrected chi connectivity index (χ0v) is 13.4. The quantitative estimate of drug-likeness (QED) is 0.595. The van der Waals surface area contributed by atoms with E-state index in [0.29, 0.717) is 6.61 Å². The molecule has 0 aliphatic heterocycles. The summed E-state index contributed by atoms with van der Waals surface area (Å²) in [5.41, 5.74) is 2.25. The second kappa shape index (κ2) is 8.11. The molecule has 0 unspecified atom stereocenters. The van der Waals surface area contributed by atoms with E-state index >= 15 is 0 Å². The van der Waals surface area contributed by atoms with Gasteiger partial charge in [-0.15, -0.1) is 0 Å². The molecule has 0 aliphatic rings. The highest BCUT2D eigenvalue weighted by molar-refractivity contribution is 5.61. The van der Waals surface area contributed by atoms with Crippen LogP contribution in [-0.4, -0.2) is 19.8 Å². The number of unbranched alkanes of at least 4 members (excludes halogenated alkanes) is 1. The van der Waals surface area contributed by atoms with Crippen LogP contribution in [0, 0.1) is 5.41 Å². The fourth-order valence-electron chi connectivity index (χ4n) is 1.75. The highest BCUT2D eigenvalue weighted by atomic mass is 16.5. The normalized spacial score (nSPS) is 11.4. The average Bonchev–Trinajstić information content (AvgIpc) is 2.42. The highest BCUT2D eigenvalue weighted by Gasteiger charge is 2.19. The lowest BCUT2D eigenvalue weighted by Crippen LogP contribution is -2.27. The van der Waals surface area contributed by atoms with Gasteiger partial charge in [-0.1, -0.05) is 51.5 Å². The third kappa shape index (κ3) is 6.25. The van der Waals surface area contributed by atoms with Crippen LogP contribution in [0.5, 0.6) is 5.75 Å². The Balaban J connectivity index is 2.38. The molecule has 20 heavy (non-hydrogen) atoms. The molecule has 0 aliphatic carbocycles. The molecule has 1 aromatic carbocycles. The first-order valence-corrected chi connectivity index (χ1v) is 7.41. The molecular formula is C18H28O2. The Labute approximate surface area is 123 Å². The molecule has 0 fully saturated rings. The predicted molar refractivity (Wildman–Crippen MR) is 86.2 cm³/mol. The first-order valence-electron chi connectivity index (χ1n) is 7.41. The molecule has 0 bridgehead atoms. The second-order valence-electron chi connectivity index (χ2n) is 6.16. The Morgan fingerprint density at radius 2 is 1.80 bits per heavy atom. The Bertz CT molecular complexity index is 404. The summed E-state index contributed by atoms with van der Waals surface area (Å²) in [6.07, 6.45) is 2.30. The predicted octanol–water partition coefficient (Wildman–Crippen LogP) is 4.94. The smallest absolute Gasteiger partial charge is 0.119 e. The third-order valence-electron chi connectivity index (χ3n) is 3.11. The Morgan fingerprint density at radius 1 is 1.15 bits per heavy atom. The van der Waals surface area contributed by atoms with E-state index in [1.54, 1.807) is 0 Å². The summed E-state index contributed by atoms with van der Waals surface area (Å²) < 4.78 is 11.5. The Hall–Kier alpha value is -1.28. The average molecular weight is 276 g/mol. The van der Waals surface area contributed by atoms with Crippen LogP contribution in [0.4, 0.5) is 0 Å². The number of ether oxygens (including phenoxy) is 2. The van der Waals surface area contributed by atoms with Gasteiger partial charge in [0.25, 0.3) is 0 Å². The van der Waals surface area contributed by atoms with E-state index in [1.165, 1.54) is 6.42 Å². The zero-order valence-electron chi connectivity index (χ0n) is 13.4. The summed E-state index contributed by atoms with van der Waals surface area (Å²) >= 11 is 0. The lowest BCUT2D eigenvalue weighted by atomic mass is 9.96. The number of hydrogen-bond acceptors (Lipinski definition) is 2. The van der Waals surface area contributed by atoms with Crippen molar-refractivity contribution in [2.45, 2.75) is 40.5 Å². The summed E-state index contributed by atoms with van der Waals surface area (Å²) in [6.45, 7) is 14.7. The van der Waals surface area contributed by atoms with Crippen LogP contribution in [0.2, 0.25) is 0 Å². The molecule has 2 heteroatoms. The molecule has 0 saturated carbocycles. The highest BCUT2D eigenvalue weighted by Crippen LogP contribution is 2.21. The van der Waals surface area contributed by atoms with Crippen LogP contribution < -0.4 is 4.74 Å². The van der Waals surface area contributed by atoms with Crippen molar-refractivity contribution in [3.63, 3.8) is 0 Å². The monoisotopic (exact) mass is 276 g/mol. The first-order chi connectivity index (χ1) is 9.44. The Morgan fingerprint density at radius 3 is 2.35 bits per heavy atom. The van der Waals surface area contributed by atoms with Gasteiger partial charge in [0, 0.05) is 12.0 Å². The molecule has 2 nitrogen and oxygen atoms in total. The van der Waals surface area contributed by atoms with E-state index in [-0.39, 0.29) is 5.41 Å². The fraction of sp³-hybridized carbons (Fsp3) is 0.556. The fourth-order valence-corrected chi connectivity index (χ4v) is 1.75. The summed E-state index contributed by atoms with van der Waals surface area (Å²) in [5, 5.41) is 0. The van der Waals surface area contributed by atoms with E-state index in [1.807, 2.05) is 31.2 Å². The molecule has 1 rings (SSSR count). The molecule has 112 valence electrons. The summed E-state index contributed by atoms with van der Waals surface area (Å²) in [6, 6.07) is 8.08. The van der Waals surface area contributed by atoms with Crippen LogP contribution in [0.25, 0.3) is 5.57 Å². The van der Waals surface area contributed by atoms with Crippen molar-refractivity contribution < 1.29 is 9.47 Å². The molecule has 0 amide bonds. The minimum Gasteiger partial charge on any atom is -0.493 e. The van der Waals surface area contributed by atoms with Crippen molar-refractivity contribution in [1.29, 1.82) is 0 Å². The second-order valence-corrected chi connectivity index (χ2v) is 6.16. The molecule has 0 atom stereocenters. The van der Waals surface area contributed by atoms with E-state index in [0.717, 1.165) is 36.5 Å². The summed E-state index contributed by atoms with van der Waals surface area (Å²) in [5.74, 6) is 0.900. The number of allylic oxidation sites excluding steroid dienone is 1. The lowest BCUT2D eigenvalue weighted by Gasteiger charge is -2.24. The SMILES string of the molecule is C=C(C)c1ccc(OCC(C)(C)COCCCC)cc1. The van der Waals surface area contributed by atoms with Crippen molar-refractivity contribution >= 4 is 5.57 Å². The van der Waals surface area contributed by atoms with Gasteiger partial charge in [0.05, 0.1) is 13.2 Å². The summed E-state index contributed by atoms with van der Waals surface area (Å²) in [7, 11) is 0. The van der Waals surface area contributed by atoms with Crippen LogP contribution in [0.3, 0.4) is 0 Å². The van der Waals surface area contributed by atoms with Gasteiger partial charge in [-0.25, -0.2) is 0 Å². The van der Waals surface area contributed by atoms with Gasteiger partial charge < -0.3 is 9.47 Å². The van der Waals surface area contributed by atoms with Crippen LogP contribution in [-0.2, 0) is 4.74 Å². The standard InChI is InChI=1S/C18H28O2/c1-6-7-12-19-13-18(4,5)14-20-17-10-8-16(9-11-17)15(2)3/h8-11H,2,6-7,12-14H2,1,3-5H3. The molecular weight excluding hydrogens is 248 g/mol. The molecule has 1 aromatic rings. The number of benzene rings is 1. The minimum absolute atomic E-state index is 0.0285. The van der Waals surface area contributed by atoms with E-state index in [2.05, 4.69) is 27.4 Å². The molecule has 0 spiro atoms. The first kappa shape index (κ1) is 16.8. The van der Waals surface area contributed by atoms with Gasteiger partial charge in [-0.2, -0.15) is 0 Å². The summed E-state index contributed by atoms with van der Waals surface area (Å²) in [4.78, 5) is 0. The van der Waals surface area contributed by atoms with Crippen LogP contribution >= 0.6 is 0 Å². The largest absolute Gasteiger partial charge is 0.493 e. The third-order valence-corrected chi connectivity index (χ3v) is 3.11.